The first-order chi connectivity index (χ1) is 8.20. The Morgan fingerprint density at radius 1 is 1.35 bits per heavy atom. The lowest BCUT2D eigenvalue weighted by atomic mass is 10.0. The number of hydrogen-bond acceptors (Lipinski definition) is 2. The molecule has 0 radical (unpaired) electrons. The van der Waals surface area contributed by atoms with Crippen LogP contribution < -0.4 is 0 Å². The van der Waals surface area contributed by atoms with Gasteiger partial charge in [0, 0.05) is 17.0 Å². The van der Waals surface area contributed by atoms with Crippen molar-refractivity contribution in [2.75, 3.05) is 0 Å². The molecule has 2 N–H and O–H groups in total. The van der Waals surface area contributed by atoms with Crippen LogP contribution in [0.25, 0.3) is 21.8 Å². The zero-order chi connectivity index (χ0) is 12.0. The summed E-state index contributed by atoms with van der Waals surface area (Å²) in [5, 5.41) is 17.3. The zero-order valence-corrected chi connectivity index (χ0v) is 9.70. The number of aromatic amines is 2. The van der Waals surface area contributed by atoms with Crippen LogP contribution in [0.3, 0.4) is 0 Å². The lowest BCUT2D eigenvalue weighted by molar-refractivity contribution is 0.833. The second kappa shape index (κ2) is 3.36. The Hall–Kier alpha value is -2.28. The minimum absolute atomic E-state index is 0.266. The summed E-state index contributed by atoms with van der Waals surface area (Å²) >= 11 is 0. The summed E-state index contributed by atoms with van der Waals surface area (Å²) in [6.07, 6.45) is 1.89. The van der Waals surface area contributed by atoms with Crippen molar-refractivity contribution in [3.8, 4) is 6.07 Å². The molecule has 17 heavy (non-hydrogen) atoms. The monoisotopic (exact) mass is 224 g/mol. The van der Waals surface area contributed by atoms with Crippen LogP contribution in [0.1, 0.15) is 31.0 Å². The molecule has 2 aromatic heterocycles. The Bertz CT molecular complexity index is 740. The number of benzene rings is 1. The van der Waals surface area contributed by atoms with E-state index in [0.717, 1.165) is 27.5 Å². The molecular formula is C13H12N4. The minimum atomic E-state index is 0.266. The molecule has 1 aromatic carbocycles. The Labute approximate surface area is 98.3 Å². The van der Waals surface area contributed by atoms with Crippen molar-refractivity contribution < 1.29 is 0 Å². The largest absolute Gasteiger partial charge is 0.307 e. The van der Waals surface area contributed by atoms with Crippen LogP contribution in [-0.4, -0.2) is 15.2 Å². The molecule has 0 saturated carbocycles. The summed E-state index contributed by atoms with van der Waals surface area (Å²) in [5.41, 5.74) is 3.48. The van der Waals surface area contributed by atoms with Crippen LogP contribution in [0, 0.1) is 11.3 Å². The molecule has 4 nitrogen and oxygen atoms in total. The topological polar surface area (TPSA) is 68.3 Å². The van der Waals surface area contributed by atoms with Gasteiger partial charge in [0.05, 0.1) is 22.3 Å². The Morgan fingerprint density at radius 3 is 2.88 bits per heavy atom. The third kappa shape index (κ3) is 1.32. The van der Waals surface area contributed by atoms with Crippen LogP contribution in [-0.2, 0) is 0 Å². The molecule has 0 aliphatic rings. The second-order valence-electron chi connectivity index (χ2n) is 4.51. The highest BCUT2D eigenvalue weighted by molar-refractivity contribution is 5.98. The molecule has 0 unspecified atom stereocenters. The summed E-state index contributed by atoms with van der Waals surface area (Å²) in [6.45, 7) is 4.11. The van der Waals surface area contributed by atoms with Crippen molar-refractivity contribution in [2.45, 2.75) is 19.8 Å². The number of rotatable bonds is 1. The molecular weight excluding hydrogens is 212 g/mol. The minimum Gasteiger partial charge on any atom is -0.307 e. The molecule has 0 bridgehead atoms. The van der Waals surface area contributed by atoms with E-state index in [1.807, 2.05) is 18.3 Å². The molecule has 0 aliphatic heterocycles. The van der Waals surface area contributed by atoms with Crippen LogP contribution >= 0.6 is 0 Å². The standard InChI is InChI=1S/C13H12N4/c1-7(2)13-10(5-14)9-4-11-8(6-15-17-11)3-12(9)16-13/h3-4,6-7,15,17H,1-2H3. The van der Waals surface area contributed by atoms with Crippen LogP contribution in [0.4, 0.5) is 0 Å². The molecule has 4 heteroatoms. The van der Waals surface area contributed by atoms with E-state index in [-0.39, 0.29) is 5.92 Å². The van der Waals surface area contributed by atoms with E-state index in [4.69, 9.17) is 0 Å². The van der Waals surface area contributed by atoms with Crippen molar-refractivity contribution >= 4 is 21.8 Å². The van der Waals surface area contributed by atoms with Gasteiger partial charge in [-0.25, -0.2) is 0 Å². The highest BCUT2D eigenvalue weighted by Gasteiger charge is 2.15. The molecule has 0 atom stereocenters. The van der Waals surface area contributed by atoms with Gasteiger partial charge >= 0.3 is 0 Å². The molecule has 0 aliphatic carbocycles. The maximum Gasteiger partial charge on any atom is 0.102 e. The predicted molar refractivity (Wildman–Crippen MR) is 66.8 cm³/mol. The van der Waals surface area contributed by atoms with E-state index in [2.05, 4.69) is 35.1 Å². The van der Waals surface area contributed by atoms with Gasteiger partial charge in [0.25, 0.3) is 0 Å². The molecule has 2 heterocycles. The van der Waals surface area contributed by atoms with Crippen LogP contribution in [0.2, 0.25) is 0 Å². The molecule has 3 aromatic rings. The van der Waals surface area contributed by atoms with Crippen molar-refractivity contribution in [3.05, 3.63) is 29.6 Å². The van der Waals surface area contributed by atoms with Crippen LogP contribution in [0.15, 0.2) is 18.3 Å². The van der Waals surface area contributed by atoms with Gasteiger partial charge in [-0.1, -0.05) is 13.8 Å². The molecule has 0 saturated heterocycles. The van der Waals surface area contributed by atoms with Crippen molar-refractivity contribution in [1.29, 1.82) is 5.26 Å². The van der Waals surface area contributed by atoms with E-state index in [1.54, 1.807) is 0 Å². The van der Waals surface area contributed by atoms with E-state index >= 15 is 0 Å². The predicted octanol–water partition coefficient (Wildman–Crippen LogP) is 3.04. The maximum absolute atomic E-state index is 9.27. The fraction of sp³-hybridized carbons (Fsp3) is 0.231. The molecule has 0 spiro atoms. The first-order valence-corrected chi connectivity index (χ1v) is 5.60. The third-order valence-electron chi connectivity index (χ3n) is 3.03. The second-order valence-corrected chi connectivity index (χ2v) is 4.51. The molecule has 3 rings (SSSR count). The van der Waals surface area contributed by atoms with Crippen LogP contribution in [0.5, 0.6) is 0 Å². The quantitative estimate of drug-likeness (QED) is 0.667. The Kier molecular flexibility index (Phi) is 1.96. The van der Waals surface area contributed by atoms with Gasteiger partial charge in [-0.2, -0.15) is 5.26 Å². The zero-order valence-electron chi connectivity index (χ0n) is 9.70. The van der Waals surface area contributed by atoms with Gasteiger partial charge < -0.3 is 10.2 Å². The number of aromatic nitrogens is 3. The summed E-state index contributed by atoms with van der Waals surface area (Å²) in [7, 11) is 0. The highest BCUT2D eigenvalue weighted by Crippen LogP contribution is 2.29. The number of fused-ring (bicyclic) bond motifs is 2. The van der Waals surface area contributed by atoms with Crippen molar-refractivity contribution in [2.24, 2.45) is 0 Å². The fourth-order valence-corrected chi connectivity index (χ4v) is 2.18. The summed E-state index contributed by atoms with van der Waals surface area (Å²) in [5.74, 6) is 0.266. The van der Waals surface area contributed by atoms with E-state index < -0.39 is 0 Å². The van der Waals surface area contributed by atoms with Crippen molar-refractivity contribution in [3.63, 3.8) is 0 Å². The van der Waals surface area contributed by atoms with E-state index in [0.29, 0.717) is 5.56 Å². The first-order valence-electron chi connectivity index (χ1n) is 5.60. The number of H-pyrrole nitrogens is 2. The highest BCUT2D eigenvalue weighted by atomic mass is 15.1. The normalized spacial score (nSPS) is 11.4. The maximum atomic E-state index is 9.27. The number of nitrogens with zero attached hydrogens (tertiary/aromatic N) is 2. The van der Waals surface area contributed by atoms with Gasteiger partial charge in [0.15, 0.2) is 0 Å². The number of nitriles is 1. The van der Waals surface area contributed by atoms with E-state index in [9.17, 15) is 5.26 Å². The first kappa shape index (κ1) is 9.91. The number of hydrogen-bond donors (Lipinski definition) is 2. The van der Waals surface area contributed by atoms with Gasteiger partial charge in [-0.05, 0) is 18.1 Å². The average Bonchev–Trinajstić information content (AvgIpc) is 2.87. The summed E-state index contributed by atoms with van der Waals surface area (Å²) < 4.78 is 0. The third-order valence-corrected chi connectivity index (χ3v) is 3.03. The lowest BCUT2D eigenvalue weighted by Crippen LogP contribution is -1.89. The smallest absolute Gasteiger partial charge is 0.102 e. The summed E-state index contributed by atoms with van der Waals surface area (Å²) in [6, 6.07) is 6.26. The molecule has 0 fully saturated rings. The van der Waals surface area contributed by atoms with E-state index in [1.165, 1.54) is 0 Å². The lowest BCUT2D eigenvalue weighted by Gasteiger charge is -1.98. The Morgan fingerprint density at radius 2 is 2.18 bits per heavy atom. The van der Waals surface area contributed by atoms with Gasteiger partial charge in [-0.3, -0.25) is 4.98 Å². The summed E-state index contributed by atoms with van der Waals surface area (Å²) in [4.78, 5) is 4.56. The van der Waals surface area contributed by atoms with Gasteiger partial charge in [0.1, 0.15) is 6.07 Å². The SMILES string of the molecule is CC(C)c1nc2cc3c[nH][nH]c3cc2c1C#N. The average molecular weight is 224 g/mol. The van der Waals surface area contributed by atoms with Crippen molar-refractivity contribution in [1.82, 2.24) is 15.2 Å². The van der Waals surface area contributed by atoms with Gasteiger partial charge in [-0.15, -0.1) is 0 Å². The fourth-order valence-electron chi connectivity index (χ4n) is 2.18. The molecule has 0 amide bonds. The number of nitrogens with one attached hydrogen (secondary N) is 2. The van der Waals surface area contributed by atoms with Gasteiger partial charge in [0.2, 0.25) is 0 Å². The Balaban J connectivity index is 2.44. The molecule has 84 valence electrons.